The van der Waals surface area contributed by atoms with E-state index in [2.05, 4.69) is 9.71 Å². The van der Waals surface area contributed by atoms with Crippen LogP contribution in [-0.2, 0) is 24.3 Å². The Hall–Kier alpha value is -2.55. The molecule has 7 nitrogen and oxygen atoms in total. The summed E-state index contributed by atoms with van der Waals surface area (Å²) in [6, 6.07) is 9.17. The molecule has 2 aromatic carbocycles. The fraction of sp³-hybridized carbons (Fsp3) is 0.375. The third-order valence-electron chi connectivity index (χ3n) is 5.09. The van der Waals surface area contributed by atoms with Gasteiger partial charge in [-0.05, 0) is 69.5 Å². The summed E-state index contributed by atoms with van der Waals surface area (Å²) in [5, 5.41) is 1.32. The molecule has 9 heteroatoms. The molecule has 0 amide bonds. The van der Waals surface area contributed by atoms with Gasteiger partial charge in [0.15, 0.2) is 6.10 Å². The van der Waals surface area contributed by atoms with Crippen LogP contribution in [0.3, 0.4) is 0 Å². The van der Waals surface area contributed by atoms with Gasteiger partial charge < -0.3 is 14.5 Å². The molecule has 1 atom stereocenters. The van der Waals surface area contributed by atoms with Gasteiger partial charge >= 0.3 is 5.97 Å². The third kappa shape index (κ3) is 5.51. The van der Waals surface area contributed by atoms with E-state index in [9.17, 15) is 13.2 Å². The number of rotatable bonds is 6. The number of hydrogen-bond donors (Lipinski definition) is 2. The lowest BCUT2D eigenvalue weighted by Crippen LogP contribution is -2.29. The van der Waals surface area contributed by atoms with Gasteiger partial charge in [-0.3, -0.25) is 4.72 Å². The Labute approximate surface area is 199 Å². The average molecular weight is 493 g/mol. The van der Waals surface area contributed by atoms with Crippen molar-refractivity contribution in [1.82, 2.24) is 4.98 Å². The summed E-state index contributed by atoms with van der Waals surface area (Å²) in [4.78, 5) is 16.3. The number of H-pyrrole nitrogens is 1. The number of carbonyl (C=O) groups excluding carboxylic acids is 1. The Bertz CT molecular complexity index is 1310. The van der Waals surface area contributed by atoms with Crippen molar-refractivity contribution in [2.45, 2.75) is 46.3 Å². The number of fused-ring (bicyclic) bond motifs is 1. The second-order valence-electron chi connectivity index (χ2n) is 9.04. The zero-order chi connectivity index (χ0) is 24.7. The van der Waals surface area contributed by atoms with Crippen LogP contribution in [0.5, 0.6) is 0 Å². The van der Waals surface area contributed by atoms with E-state index >= 15 is 0 Å². The van der Waals surface area contributed by atoms with Crippen molar-refractivity contribution >= 4 is 44.2 Å². The van der Waals surface area contributed by atoms with Crippen LogP contribution in [0.2, 0.25) is 5.02 Å². The summed E-state index contributed by atoms with van der Waals surface area (Å²) in [7, 11) is -2.31. The standard InChI is InChI=1S/C24H29ClN2O5S/c1-13-12-17-19(15-8-10-16(25)11-9-15)18(22(23(28)31-6)32-24(3,4)5)14(2)20(21(17)26-13)27-33(7,29)30/h8-12,22,26-27H,1-7H3/t22-/m0/s1. The molecule has 0 fully saturated rings. The number of anilines is 1. The number of hydrogen-bond acceptors (Lipinski definition) is 5. The molecule has 178 valence electrons. The fourth-order valence-corrected chi connectivity index (χ4v) is 4.64. The number of benzene rings is 2. The Kier molecular flexibility index (Phi) is 6.84. The number of aromatic amines is 1. The maximum atomic E-state index is 13.0. The zero-order valence-corrected chi connectivity index (χ0v) is 21.4. The molecular weight excluding hydrogens is 464 g/mol. The van der Waals surface area contributed by atoms with Gasteiger partial charge in [0.2, 0.25) is 10.0 Å². The Morgan fingerprint density at radius 2 is 1.76 bits per heavy atom. The first-order valence-corrected chi connectivity index (χ1v) is 12.6. The highest BCUT2D eigenvalue weighted by molar-refractivity contribution is 7.92. The van der Waals surface area contributed by atoms with Gasteiger partial charge in [0, 0.05) is 21.7 Å². The largest absolute Gasteiger partial charge is 0.467 e. The molecule has 0 spiro atoms. The molecule has 3 aromatic rings. The Morgan fingerprint density at radius 1 is 1.15 bits per heavy atom. The number of halogens is 1. The van der Waals surface area contributed by atoms with Crippen LogP contribution in [0.1, 0.15) is 43.7 Å². The number of aryl methyl sites for hydroxylation is 1. The van der Waals surface area contributed by atoms with Crippen LogP contribution < -0.4 is 4.72 Å². The Morgan fingerprint density at radius 3 is 2.27 bits per heavy atom. The summed E-state index contributed by atoms with van der Waals surface area (Å²) in [6.45, 7) is 9.17. The van der Waals surface area contributed by atoms with Crippen molar-refractivity contribution in [2.24, 2.45) is 0 Å². The van der Waals surface area contributed by atoms with Gasteiger partial charge in [-0.15, -0.1) is 0 Å². The maximum absolute atomic E-state index is 13.0. The highest BCUT2D eigenvalue weighted by Crippen LogP contribution is 2.45. The monoisotopic (exact) mass is 492 g/mol. The van der Waals surface area contributed by atoms with Crippen LogP contribution in [0.4, 0.5) is 5.69 Å². The number of methoxy groups -OCH3 is 1. The van der Waals surface area contributed by atoms with Crippen molar-refractivity contribution in [3.8, 4) is 11.1 Å². The first-order chi connectivity index (χ1) is 15.2. The number of esters is 1. The molecule has 1 aromatic heterocycles. The molecule has 0 radical (unpaired) electrons. The summed E-state index contributed by atoms with van der Waals surface area (Å²) in [5.74, 6) is -0.583. The van der Waals surface area contributed by atoms with Crippen molar-refractivity contribution < 1.29 is 22.7 Å². The third-order valence-corrected chi connectivity index (χ3v) is 5.92. The number of nitrogens with one attached hydrogen (secondary N) is 2. The molecule has 3 rings (SSSR count). The van der Waals surface area contributed by atoms with E-state index < -0.39 is 27.7 Å². The molecule has 2 N–H and O–H groups in total. The molecule has 0 aliphatic heterocycles. The van der Waals surface area contributed by atoms with E-state index in [0.29, 0.717) is 27.4 Å². The molecule has 33 heavy (non-hydrogen) atoms. The second-order valence-corrected chi connectivity index (χ2v) is 11.2. The molecule has 0 aliphatic carbocycles. The zero-order valence-electron chi connectivity index (χ0n) is 19.8. The number of ether oxygens (including phenoxy) is 2. The van der Waals surface area contributed by atoms with Crippen molar-refractivity contribution in [2.75, 3.05) is 18.1 Å². The van der Waals surface area contributed by atoms with Gasteiger partial charge in [0.25, 0.3) is 0 Å². The van der Waals surface area contributed by atoms with Crippen molar-refractivity contribution in [1.29, 1.82) is 0 Å². The highest BCUT2D eigenvalue weighted by Gasteiger charge is 2.34. The predicted molar refractivity (Wildman–Crippen MR) is 132 cm³/mol. The van der Waals surface area contributed by atoms with Crippen LogP contribution in [0.25, 0.3) is 22.0 Å². The minimum Gasteiger partial charge on any atom is -0.467 e. The topological polar surface area (TPSA) is 97.5 Å². The van der Waals surface area contributed by atoms with Crippen molar-refractivity contribution in [3.05, 3.63) is 52.2 Å². The normalized spacial score (nSPS) is 13.2. The first kappa shape index (κ1) is 25.1. The molecule has 0 aliphatic rings. The lowest BCUT2D eigenvalue weighted by molar-refractivity contribution is -0.164. The Balaban J connectivity index is 2.51. The molecule has 0 saturated carbocycles. The quantitative estimate of drug-likeness (QED) is 0.442. The van der Waals surface area contributed by atoms with E-state index in [-0.39, 0.29) is 0 Å². The smallest absolute Gasteiger partial charge is 0.339 e. The van der Waals surface area contributed by atoms with Gasteiger partial charge in [-0.25, -0.2) is 13.2 Å². The SMILES string of the molecule is COC(=O)[C@@H](OC(C)(C)C)c1c(C)c(NS(C)(=O)=O)c2[nH]c(C)cc2c1-c1ccc(Cl)cc1. The van der Waals surface area contributed by atoms with Gasteiger partial charge in [-0.1, -0.05) is 23.7 Å². The van der Waals surface area contributed by atoms with Crippen LogP contribution in [0, 0.1) is 13.8 Å². The minimum absolute atomic E-state index is 0.361. The molecule has 0 saturated heterocycles. The lowest BCUT2D eigenvalue weighted by Gasteiger charge is -2.30. The number of carbonyl (C=O) groups is 1. The summed E-state index contributed by atoms with van der Waals surface area (Å²) >= 11 is 6.13. The van der Waals surface area contributed by atoms with Crippen LogP contribution in [0.15, 0.2) is 30.3 Å². The number of sulfonamides is 1. The highest BCUT2D eigenvalue weighted by atomic mass is 35.5. The van der Waals surface area contributed by atoms with Crippen molar-refractivity contribution in [3.63, 3.8) is 0 Å². The maximum Gasteiger partial charge on any atom is 0.339 e. The molecule has 0 bridgehead atoms. The lowest BCUT2D eigenvalue weighted by atomic mass is 9.88. The predicted octanol–water partition coefficient (Wildman–Crippen LogP) is 5.51. The van der Waals surface area contributed by atoms with Gasteiger partial charge in [0.1, 0.15) is 0 Å². The minimum atomic E-state index is -3.61. The fourth-order valence-electron chi connectivity index (χ4n) is 3.89. The molecule has 0 unspecified atom stereocenters. The van der Waals surface area contributed by atoms with Crippen LogP contribution in [-0.4, -0.2) is 38.3 Å². The molecular formula is C24H29ClN2O5S. The first-order valence-electron chi connectivity index (χ1n) is 10.4. The average Bonchev–Trinajstić information content (AvgIpc) is 3.08. The number of aromatic nitrogens is 1. The van der Waals surface area contributed by atoms with E-state index in [1.165, 1.54) is 7.11 Å². The second kappa shape index (κ2) is 9.00. The molecule has 1 heterocycles. The van der Waals surface area contributed by atoms with E-state index in [4.69, 9.17) is 21.1 Å². The summed E-state index contributed by atoms with van der Waals surface area (Å²) in [5.41, 5.74) is 3.75. The summed E-state index contributed by atoms with van der Waals surface area (Å²) < 4.78 is 38.4. The van der Waals surface area contributed by atoms with E-state index in [0.717, 1.165) is 28.5 Å². The van der Waals surface area contributed by atoms with E-state index in [1.807, 2.05) is 45.9 Å². The van der Waals surface area contributed by atoms with Gasteiger partial charge in [-0.2, -0.15) is 0 Å². The van der Waals surface area contributed by atoms with Gasteiger partial charge in [0.05, 0.1) is 30.2 Å². The van der Waals surface area contributed by atoms with E-state index in [1.54, 1.807) is 19.1 Å². The summed E-state index contributed by atoms with van der Waals surface area (Å²) in [6.07, 6.45) is -0.00926. The van der Waals surface area contributed by atoms with Crippen LogP contribution >= 0.6 is 11.6 Å².